The van der Waals surface area contributed by atoms with Crippen molar-refractivity contribution in [3.05, 3.63) is 86.7 Å². The lowest BCUT2D eigenvalue weighted by Crippen LogP contribution is -2.15. The Hall–Kier alpha value is -3.14. The molecule has 5 aromatic rings. The third-order valence-electron chi connectivity index (χ3n) is 4.96. The average Bonchev–Trinajstić information content (AvgIpc) is 3.44. The molecular formula is C23H18ClN5O2S2. The number of para-hydroxylation sites is 2. The zero-order chi connectivity index (χ0) is 22.9. The maximum Gasteiger partial charge on any atom is 0.258 e. The molecule has 0 unspecified atom stereocenters. The van der Waals surface area contributed by atoms with Gasteiger partial charge >= 0.3 is 0 Å². The molecule has 0 N–H and O–H groups in total. The number of fused-ring (bicyclic) bond motifs is 1. The summed E-state index contributed by atoms with van der Waals surface area (Å²) in [6.07, 6.45) is 1.79. The van der Waals surface area contributed by atoms with Crippen LogP contribution in [-0.2, 0) is 5.75 Å². The van der Waals surface area contributed by atoms with Gasteiger partial charge in [0.05, 0.1) is 27.7 Å². The molecule has 0 fully saturated rings. The van der Waals surface area contributed by atoms with Gasteiger partial charge in [0.1, 0.15) is 11.4 Å². The Morgan fingerprint density at radius 1 is 1.12 bits per heavy atom. The predicted molar refractivity (Wildman–Crippen MR) is 132 cm³/mol. The van der Waals surface area contributed by atoms with Crippen LogP contribution in [0.5, 0.6) is 5.75 Å². The lowest BCUT2D eigenvalue weighted by atomic mass is 10.3. The first-order chi connectivity index (χ1) is 16.0. The van der Waals surface area contributed by atoms with Crippen LogP contribution in [0.25, 0.3) is 22.0 Å². The standard InChI is InChI=1S/C23H18ClN5O2S2/c1-14-7-10-20-25-15(11-21(30)28(20)12-14)13-32-23-27-26-22(18-8-9-19(24)33-18)29(23)16-5-3-4-6-17(16)31-2/h3-12H,13H2,1-2H3. The SMILES string of the molecule is COc1ccccc1-n1c(SCc2cc(=O)n3cc(C)ccc3n2)nnc1-c1ccc(Cl)s1. The third kappa shape index (κ3) is 4.27. The molecule has 1 aromatic carbocycles. The number of thioether (sulfide) groups is 1. The second-order valence-electron chi connectivity index (χ2n) is 7.23. The van der Waals surface area contributed by atoms with Gasteiger partial charge in [0.2, 0.25) is 0 Å². The molecule has 5 rings (SSSR count). The van der Waals surface area contributed by atoms with E-state index in [1.54, 1.807) is 23.8 Å². The molecular weight excluding hydrogens is 478 g/mol. The van der Waals surface area contributed by atoms with E-state index < -0.39 is 0 Å². The van der Waals surface area contributed by atoms with Crippen molar-refractivity contribution in [2.24, 2.45) is 0 Å². The zero-order valence-corrected chi connectivity index (χ0v) is 20.1. The fraction of sp³-hybridized carbons (Fsp3) is 0.130. The second kappa shape index (κ2) is 9.01. The van der Waals surface area contributed by atoms with E-state index in [1.165, 1.54) is 23.1 Å². The molecule has 0 aliphatic carbocycles. The average molecular weight is 496 g/mol. The third-order valence-corrected chi connectivity index (χ3v) is 7.15. The number of benzene rings is 1. The molecule has 33 heavy (non-hydrogen) atoms. The largest absolute Gasteiger partial charge is 0.495 e. The number of hydrogen-bond acceptors (Lipinski definition) is 7. The first kappa shape index (κ1) is 21.7. The molecule has 10 heteroatoms. The van der Waals surface area contributed by atoms with Crippen molar-refractivity contribution >= 4 is 40.3 Å². The second-order valence-corrected chi connectivity index (χ2v) is 9.88. The Bertz CT molecular complexity index is 1530. The van der Waals surface area contributed by atoms with Crippen LogP contribution in [0.1, 0.15) is 11.3 Å². The number of nitrogens with zero attached hydrogens (tertiary/aromatic N) is 5. The minimum Gasteiger partial charge on any atom is -0.495 e. The number of aromatic nitrogens is 5. The van der Waals surface area contributed by atoms with Crippen LogP contribution < -0.4 is 10.3 Å². The van der Waals surface area contributed by atoms with Crippen LogP contribution in [0.3, 0.4) is 0 Å². The normalized spacial score (nSPS) is 11.2. The molecule has 0 atom stereocenters. The van der Waals surface area contributed by atoms with Crippen LogP contribution in [0.15, 0.2) is 70.7 Å². The van der Waals surface area contributed by atoms with Gasteiger partial charge in [0, 0.05) is 18.0 Å². The highest BCUT2D eigenvalue weighted by molar-refractivity contribution is 7.98. The minimum atomic E-state index is -0.112. The summed E-state index contributed by atoms with van der Waals surface area (Å²) in [4.78, 5) is 18.1. The maximum absolute atomic E-state index is 12.6. The number of thiophene rings is 1. The molecule has 0 amide bonds. The Balaban J connectivity index is 1.55. The molecule has 0 saturated heterocycles. The number of ether oxygens (including phenoxy) is 1. The van der Waals surface area contributed by atoms with Gasteiger partial charge in [-0.1, -0.05) is 41.6 Å². The quantitative estimate of drug-likeness (QED) is 0.299. The molecule has 0 saturated carbocycles. The minimum absolute atomic E-state index is 0.112. The summed E-state index contributed by atoms with van der Waals surface area (Å²) >= 11 is 9.06. The number of hydrogen-bond donors (Lipinski definition) is 0. The predicted octanol–water partition coefficient (Wildman–Crippen LogP) is 5.27. The van der Waals surface area contributed by atoms with Crippen molar-refractivity contribution in [3.63, 3.8) is 0 Å². The van der Waals surface area contributed by atoms with Crippen molar-refractivity contribution in [2.45, 2.75) is 17.8 Å². The Morgan fingerprint density at radius 3 is 2.76 bits per heavy atom. The summed E-state index contributed by atoms with van der Waals surface area (Å²) in [6.45, 7) is 1.94. The van der Waals surface area contributed by atoms with Crippen LogP contribution in [-0.4, -0.2) is 31.3 Å². The van der Waals surface area contributed by atoms with Gasteiger partial charge < -0.3 is 4.74 Å². The Morgan fingerprint density at radius 2 is 1.97 bits per heavy atom. The highest BCUT2D eigenvalue weighted by atomic mass is 35.5. The summed E-state index contributed by atoms with van der Waals surface area (Å²) < 4.78 is 9.77. The van der Waals surface area contributed by atoms with E-state index in [-0.39, 0.29) is 5.56 Å². The maximum atomic E-state index is 12.6. The summed E-state index contributed by atoms with van der Waals surface area (Å²) in [5.74, 6) is 1.82. The van der Waals surface area contributed by atoms with Crippen LogP contribution in [0.4, 0.5) is 0 Å². The van der Waals surface area contributed by atoms with Gasteiger partial charge in [-0.25, -0.2) is 4.98 Å². The van der Waals surface area contributed by atoms with E-state index in [0.29, 0.717) is 38.2 Å². The van der Waals surface area contributed by atoms with Gasteiger partial charge in [-0.05, 0) is 42.8 Å². The van der Waals surface area contributed by atoms with Crippen molar-refractivity contribution in [3.8, 4) is 22.1 Å². The van der Waals surface area contributed by atoms with Crippen molar-refractivity contribution in [1.82, 2.24) is 24.1 Å². The van der Waals surface area contributed by atoms with E-state index in [4.69, 9.17) is 16.3 Å². The van der Waals surface area contributed by atoms with E-state index in [0.717, 1.165) is 16.1 Å². The molecule has 4 aromatic heterocycles. The zero-order valence-electron chi connectivity index (χ0n) is 17.7. The monoisotopic (exact) mass is 495 g/mol. The fourth-order valence-electron chi connectivity index (χ4n) is 3.46. The van der Waals surface area contributed by atoms with E-state index >= 15 is 0 Å². The van der Waals surface area contributed by atoms with E-state index in [1.807, 2.05) is 60.0 Å². The lowest BCUT2D eigenvalue weighted by Gasteiger charge is -2.13. The Labute approximate surface area is 202 Å². The van der Waals surface area contributed by atoms with E-state index in [2.05, 4.69) is 15.2 Å². The highest BCUT2D eigenvalue weighted by Crippen LogP contribution is 2.36. The topological polar surface area (TPSA) is 74.3 Å². The number of rotatable bonds is 6. The molecule has 0 spiro atoms. The number of pyridine rings is 1. The summed E-state index contributed by atoms with van der Waals surface area (Å²) in [5, 5.41) is 9.54. The molecule has 0 aliphatic heterocycles. The van der Waals surface area contributed by atoms with Gasteiger partial charge in [-0.15, -0.1) is 21.5 Å². The summed E-state index contributed by atoms with van der Waals surface area (Å²) in [7, 11) is 1.63. The Kier molecular flexibility index (Phi) is 5.92. The molecule has 0 aliphatic rings. The number of halogens is 1. The van der Waals surface area contributed by atoms with Crippen LogP contribution in [0, 0.1) is 6.92 Å². The molecule has 0 bridgehead atoms. The lowest BCUT2D eigenvalue weighted by molar-refractivity contribution is 0.412. The van der Waals surface area contributed by atoms with Crippen molar-refractivity contribution in [1.29, 1.82) is 0 Å². The van der Waals surface area contributed by atoms with Crippen LogP contribution in [0.2, 0.25) is 4.34 Å². The van der Waals surface area contributed by atoms with Gasteiger partial charge in [0.25, 0.3) is 5.56 Å². The van der Waals surface area contributed by atoms with Gasteiger partial charge in [-0.2, -0.15) is 0 Å². The van der Waals surface area contributed by atoms with Crippen molar-refractivity contribution in [2.75, 3.05) is 7.11 Å². The number of methoxy groups -OCH3 is 1. The van der Waals surface area contributed by atoms with Gasteiger partial charge in [0.15, 0.2) is 11.0 Å². The first-order valence-corrected chi connectivity index (χ1v) is 12.2. The highest BCUT2D eigenvalue weighted by Gasteiger charge is 2.20. The molecule has 4 heterocycles. The first-order valence-electron chi connectivity index (χ1n) is 10.00. The smallest absolute Gasteiger partial charge is 0.258 e. The number of aryl methyl sites for hydroxylation is 1. The summed E-state index contributed by atoms with van der Waals surface area (Å²) in [5.41, 5.74) is 2.99. The van der Waals surface area contributed by atoms with Crippen molar-refractivity contribution < 1.29 is 4.74 Å². The van der Waals surface area contributed by atoms with Crippen LogP contribution >= 0.6 is 34.7 Å². The molecule has 7 nitrogen and oxygen atoms in total. The molecule has 0 radical (unpaired) electrons. The fourth-order valence-corrected chi connectivity index (χ4v) is 5.32. The van der Waals surface area contributed by atoms with E-state index in [9.17, 15) is 4.79 Å². The summed E-state index contributed by atoms with van der Waals surface area (Å²) in [6, 6.07) is 16.8. The molecule has 166 valence electrons. The van der Waals surface area contributed by atoms with Gasteiger partial charge in [-0.3, -0.25) is 13.8 Å².